The van der Waals surface area contributed by atoms with E-state index in [4.69, 9.17) is 19.4 Å². The summed E-state index contributed by atoms with van der Waals surface area (Å²) < 4.78 is 11.5. The minimum absolute atomic E-state index is 0.484. The maximum atomic E-state index is 9.52. The van der Waals surface area contributed by atoms with Gasteiger partial charge in [0.25, 0.3) is 0 Å². The Hall–Kier alpha value is -7.56. The highest BCUT2D eigenvalue weighted by molar-refractivity contribution is 6.39. The average Bonchev–Trinajstić information content (AvgIpc) is 3.89. The summed E-state index contributed by atoms with van der Waals surface area (Å²) in [6.45, 7) is 0. The molecular formula is C46H26N6O. The molecule has 0 N–H and O–H groups in total. The van der Waals surface area contributed by atoms with Gasteiger partial charge in [-0.2, -0.15) is 15.2 Å². The monoisotopic (exact) mass is 678 g/mol. The molecule has 53 heavy (non-hydrogen) atoms. The number of benzene rings is 7. The second-order valence-electron chi connectivity index (χ2n) is 13.1. The predicted molar refractivity (Wildman–Crippen MR) is 211 cm³/mol. The molecule has 0 aliphatic rings. The highest BCUT2D eigenvalue weighted by Crippen LogP contribution is 2.49. The molecule has 0 amide bonds. The number of fused-ring (bicyclic) bond motifs is 12. The third-order valence-corrected chi connectivity index (χ3v) is 10.2. The summed E-state index contributed by atoms with van der Waals surface area (Å²) in [4.78, 5) is 15.4. The molecular weight excluding hydrogens is 653 g/mol. The molecule has 0 saturated carbocycles. The fourth-order valence-electron chi connectivity index (χ4n) is 7.94. The first-order valence-corrected chi connectivity index (χ1v) is 17.4. The van der Waals surface area contributed by atoms with Gasteiger partial charge in [0.15, 0.2) is 11.6 Å². The van der Waals surface area contributed by atoms with Crippen molar-refractivity contribution in [2.45, 2.75) is 0 Å². The zero-order valence-corrected chi connectivity index (χ0v) is 28.1. The van der Waals surface area contributed by atoms with Crippen molar-refractivity contribution in [1.82, 2.24) is 24.1 Å². The number of nitrogens with zero attached hydrogens (tertiary/aromatic N) is 6. The van der Waals surface area contributed by atoms with Crippen LogP contribution in [0.5, 0.6) is 0 Å². The number of rotatable bonds is 4. The molecule has 0 atom stereocenters. The lowest BCUT2D eigenvalue weighted by Crippen LogP contribution is -2.06. The Morgan fingerprint density at radius 1 is 0.472 bits per heavy atom. The molecule has 0 unspecified atom stereocenters. The van der Waals surface area contributed by atoms with Crippen molar-refractivity contribution in [2.24, 2.45) is 0 Å². The first-order chi connectivity index (χ1) is 26.3. The molecule has 7 aromatic carbocycles. The van der Waals surface area contributed by atoms with Crippen LogP contribution in [0.2, 0.25) is 0 Å². The van der Waals surface area contributed by atoms with Crippen LogP contribution in [-0.4, -0.2) is 24.1 Å². The van der Waals surface area contributed by atoms with Crippen LogP contribution in [0.1, 0.15) is 5.56 Å². The van der Waals surface area contributed by atoms with Crippen molar-refractivity contribution in [3.8, 4) is 40.5 Å². The Balaban J connectivity index is 1.38. The van der Waals surface area contributed by atoms with Crippen molar-refractivity contribution in [3.05, 3.63) is 163 Å². The second kappa shape index (κ2) is 11.2. The van der Waals surface area contributed by atoms with E-state index in [-0.39, 0.29) is 0 Å². The Labute approximate surface area is 302 Å². The lowest BCUT2D eigenvalue weighted by Gasteiger charge is -2.12. The molecule has 4 aromatic heterocycles. The largest absolute Gasteiger partial charge is 0.455 e. The number of furan rings is 1. The van der Waals surface area contributed by atoms with Gasteiger partial charge >= 0.3 is 0 Å². The molecule has 0 spiro atoms. The average molecular weight is 679 g/mol. The Morgan fingerprint density at radius 2 is 1.00 bits per heavy atom. The van der Waals surface area contributed by atoms with Gasteiger partial charge in [0, 0.05) is 38.4 Å². The highest BCUT2D eigenvalue weighted by atomic mass is 16.3. The van der Waals surface area contributed by atoms with E-state index < -0.39 is 0 Å². The maximum Gasteiger partial charge on any atom is 0.238 e. The fraction of sp³-hybridized carbons (Fsp3) is 0. The fourth-order valence-corrected chi connectivity index (χ4v) is 7.94. The van der Waals surface area contributed by atoms with Crippen LogP contribution in [0.4, 0.5) is 0 Å². The van der Waals surface area contributed by atoms with E-state index in [1.807, 2.05) is 60.7 Å². The number of hydrogen-bond acceptors (Lipinski definition) is 5. The van der Waals surface area contributed by atoms with Gasteiger partial charge in [-0.25, -0.2) is 4.98 Å². The summed E-state index contributed by atoms with van der Waals surface area (Å²) in [5.74, 6) is 1.54. The van der Waals surface area contributed by atoms with E-state index >= 15 is 0 Å². The SMILES string of the molecule is N#Cc1ccc(-c2nc(-c3ccccc3)nc(-n3c4ccccc4c4c5oc6ccccc6c5c5c(c6ccccc6n5-c5ccccc5)c43)n2)cc1. The quantitative estimate of drug-likeness (QED) is 0.185. The molecule has 0 aliphatic heterocycles. The summed E-state index contributed by atoms with van der Waals surface area (Å²) in [5, 5.41) is 15.9. The van der Waals surface area contributed by atoms with Gasteiger partial charge in [-0.05, 0) is 54.6 Å². The summed E-state index contributed by atoms with van der Waals surface area (Å²) >= 11 is 0. The molecule has 11 rings (SSSR count). The van der Waals surface area contributed by atoms with E-state index in [1.165, 1.54) is 0 Å². The normalized spacial score (nSPS) is 11.8. The molecule has 4 heterocycles. The van der Waals surface area contributed by atoms with Crippen LogP contribution in [0.3, 0.4) is 0 Å². The number of hydrogen-bond donors (Lipinski definition) is 0. The molecule has 246 valence electrons. The molecule has 7 nitrogen and oxygen atoms in total. The predicted octanol–water partition coefficient (Wildman–Crippen LogP) is 11.2. The van der Waals surface area contributed by atoms with E-state index in [9.17, 15) is 5.26 Å². The third kappa shape index (κ3) is 4.24. The molecule has 0 fully saturated rings. The van der Waals surface area contributed by atoms with Crippen LogP contribution >= 0.6 is 0 Å². The van der Waals surface area contributed by atoms with Crippen molar-refractivity contribution in [3.63, 3.8) is 0 Å². The second-order valence-corrected chi connectivity index (χ2v) is 13.1. The number of nitriles is 1. The topological polar surface area (TPSA) is 85.5 Å². The molecule has 0 saturated heterocycles. The zero-order valence-electron chi connectivity index (χ0n) is 28.1. The van der Waals surface area contributed by atoms with Crippen molar-refractivity contribution in [2.75, 3.05) is 0 Å². The molecule has 11 aromatic rings. The van der Waals surface area contributed by atoms with E-state index in [2.05, 4.69) is 100 Å². The van der Waals surface area contributed by atoms with Crippen molar-refractivity contribution >= 4 is 65.6 Å². The molecule has 7 heteroatoms. The van der Waals surface area contributed by atoms with Gasteiger partial charge in [0.05, 0.1) is 44.5 Å². The molecule has 0 aliphatic carbocycles. The third-order valence-electron chi connectivity index (χ3n) is 10.2. The number of aromatic nitrogens is 5. The lowest BCUT2D eigenvalue weighted by atomic mass is 10.0. The Kier molecular flexibility index (Phi) is 6.18. The maximum absolute atomic E-state index is 9.52. The van der Waals surface area contributed by atoms with Gasteiger partial charge in [-0.3, -0.25) is 4.57 Å². The van der Waals surface area contributed by atoms with Crippen LogP contribution in [-0.2, 0) is 0 Å². The minimum Gasteiger partial charge on any atom is -0.455 e. The molecule has 0 radical (unpaired) electrons. The van der Waals surface area contributed by atoms with Gasteiger partial charge in [-0.15, -0.1) is 0 Å². The molecule has 0 bridgehead atoms. The van der Waals surface area contributed by atoms with Gasteiger partial charge < -0.3 is 8.98 Å². The van der Waals surface area contributed by atoms with Crippen LogP contribution < -0.4 is 0 Å². The van der Waals surface area contributed by atoms with Gasteiger partial charge in [-0.1, -0.05) is 103 Å². The highest BCUT2D eigenvalue weighted by Gasteiger charge is 2.28. The Bertz CT molecular complexity index is 3280. The van der Waals surface area contributed by atoms with Crippen LogP contribution in [0, 0.1) is 11.3 Å². The smallest absolute Gasteiger partial charge is 0.238 e. The van der Waals surface area contributed by atoms with Crippen LogP contribution in [0.25, 0.3) is 100.0 Å². The first kappa shape index (κ1) is 29.2. The summed E-state index contributed by atoms with van der Waals surface area (Å²) in [5.41, 5.74) is 8.97. The van der Waals surface area contributed by atoms with E-state index in [0.717, 1.165) is 82.4 Å². The lowest BCUT2D eigenvalue weighted by molar-refractivity contribution is 0.673. The number of para-hydroxylation sites is 4. The standard InChI is InChI=1S/C46H26N6O/c47-27-28-23-25-30(26-24-28)45-48-44(29-13-3-1-4-14-29)49-46(50-45)52-36-21-11-8-18-33(36)39-42(52)38-32-17-7-10-20-35(32)51(31-15-5-2-6-16-31)41(38)40-34-19-9-12-22-37(34)53-43(39)40/h1-26H. The van der Waals surface area contributed by atoms with E-state index in [1.54, 1.807) is 12.1 Å². The first-order valence-electron chi connectivity index (χ1n) is 17.4. The van der Waals surface area contributed by atoms with Gasteiger partial charge in [0.2, 0.25) is 5.95 Å². The van der Waals surface area contributed by atoms with Crippen molar-refractivity contribution < 1.29 is 4.42 Å². The summed E-state index contributed by atoms with van der Waals surface area (Å²) in [7, 11) is 0. The van der Waals surface area contributed by atoms with Crippen LogP contribution in [0.15, 0.2) is 162 Å². The summed E-state index contributed by atoms with van der Waals surface area (Å²) in [6.07, 6.45) is 0. The zero-order chi connectivity index (χ0) is 35.0. The summed E-state index contributed by atoms with van der Waals surface area (Å²) in [6, 6.07) is 55.4. The minimum atomic E-state index is 0.484. The van der Waals surface area contributed by atoms with E-state index in [0.29, 0.717) is 23.2 Å². The Morgan fingerprint density at radius 3 is 1.70 bits per heavy atom. The van der Waals surface area contributed by atoms with Crippen molar-refractivity contribution in [1.29, 1.82) is 5.26 Å². The van der Waals surface area contributed by atoms with Gasteiger partial charge in [0.1, 0.15) is 11.2 Å².